The van der Waals surface area contributed by atoms with Gasteiger partial charge in [0, 0.05) is 0 Å². The van der Waals surface area contributed by atoms with Crippen molar-refractivity contribution in [3.63, 3.8) is 0 Å². The van der Waals surface area contributed by atoms with Crippen molar-refractivity contribution in [2.75, 3.05) is 0 Å². The zero-order chi connectivity index (χ0) is 9.26. The highest BCUT2D eigenvalue weighted by Crippen LogP contribution is 2.21. The van der Waals surface area contributed by atoms with E-state index in [1.54, 1.807) is 6.33 Å². The quantitative estimate of drug-likeness (QED) is 0.728. The van der Waals surface area contributed by atoms with Gasteiger partial charge in [-0.3, -0.25) is 0 Å². The minimum atomic E-state index is 0.267. The molecule has 0 aromatic carbocycles. The molecule has 2 unspecified atom stereocenters. The lowest BCUT2D eigenvalue weighted by molar-refractivity contribution is 0.0457. The van der Waals surface area contributed by atoms with E-state index < -0.39 is 0 Å². The standard InChI is InChI=1S/C8H12ClN3O/c1-6-2-3-7(13-6)4-12-5-10-11-8(12)9/h5-7H,2-4H2,1H3. The van der Waals surface area contributed by atoms with Gasteiger partial charge in [-0.25, -0.2) is 0 Å². The number of hydrogen-bond acceptors (Lipinski definition) is 3. The predicted octanol–water partition coefficient (Wildman–Crippen LogP) is 1.50. The maximum atomic E-state index is 5.79. The molecule has 5 heteroatoms. The van der Waals surface area contributed by atoms with Gasteiger partial charge in [0.1, 0.15) is 6.33 Å². The fourth-order valence-corrected chi connectivity index (χ4v) is 1.76. The third-order valence-corrected chi connectivity index (χ3v) is 2.58. The van der Waals surface area contributed by atoms with Crippen LogP contribution in [0.25, 0.3) is 0 Å². The summed E-state index contributed by atoms with van der Waals surface area (Å²) in [5, 5.41) is 7.84. The van der Waals surface area contributed by atoms with Crippen molar-refractivity contribution in [3.05, 3.63) is 11.6 Å². The first-order valence-corrected chi connectivity index (χ1v) is 4.82. The van der Waals surface area contributed by atoms with E-state index in [0.717, 1.165) is 19.4 Å². The van der Waals surface area contributed by atoms with Gasteiger partial charge in [-0.15, -0.1) is 10.2 Å². The van der Waals surface area contributed by atoms with E-state index in [9.17, 15) is 0 Å². The van der Waals surface area contributed by atoms with Gasteiger partial charge in [0.05, 0.1) is 18.8 Å². The number of rotatable bonds is 2. The zero-order valence-corrected chi connectivity index (χ0v) is 8.24. The van der Waals surface area contributed by atoms with Crippen LogP contribution in [0, 0.1) is 0 Å². The molecule has 0 spiro atoms. The van der Waals surface area contributed by atoms with Crippen LogP contribution in [0.5, 0.6) is 0 Å². The Bertz CT molecular complexity index is 289. The van der Waals surface area contributed by atoms with E-state index in [1.165, 1.54) is 0 Å². The summed E-state index contributed by atoms with van der Waals surface area (Å²) in [7, 11) is 0. The largest absolute Gasteiger partial charge is 0.373 e. The van der Waals surface area contributed by atoms with Crippen LogP contribution < -0.4 is 0 Å². The highest BCUT2D eigenvalue weighted by molar-refractivity contribution is 6.28. The van der Waals surface area contributed by atoms with Gasteiger partial charge < -0.3 is 9.30 Å². The van der Waals surface area contributed by atoms with Crippen molar-refractivity contribution >= 4 is 11.6 Å². The van der Waals surface area contributed by atoms with Crippen molar-refractivity contribution < 1.29 is 4.74 Å². The summed E-state index contributed by atoms with van der Waals surface area (Å²) in [6.07, 6.45) is 4.50. The van der Waals surface area contributed by atoms with Gasteiger partial charge in [0.25, 0.3) is 0 Å². The molecule has 1 aromatic heterocycles. The van der Waals surface area contributed by atoms with E-state index >= 15 is 0 Å². The summed E-state index contributed by atoms with van der Waals surface area (Å²) in [6, 6.07) is 0. The number of aromatic nitrogens is 3. The minimum Gasteiger partial charge on any atom is -0.373 e. The first kappa shape index (κ1) is 8.97. The summed E-state index contributed by atoms with van der Waals surface area (Å²) in [5.74, 6) is 0. The molecule has 0 radical (unpaired) electrons. The van der Waals surface area contributed by atoms with E-state index in [-0.39, 0.29) is 6.10 Å². The summed E-state index contributed by atoms with van der Waals surface area (Å²) in [4.78, 5) is 0. The van der Waals surface area contributed by atoms with Crippen LogP contribution in [-0.4, -0.2) is 27.0 Å². The molecule has 1 aromatic rings. The zero-order valence-electron chi connectivity index (χ0n) is 7.48. The molecular weight excluding hydrogens is 190 g/mol. The molecule has 1 fully saturated rings. The number of hydrogen-bond donors (Lipinski definition) is 0. The topological polar surface area (TPSA) is 39.9 Å². The first-order valence-electron chi connectivity index (χ1n) is 4.44. The molecule has 1 aliphatic rings. The fourth-order valence-electron chi connectivity index (χ4n) is 1.60. The summed E-state index contributed by atoms with van der Waals surface area (Å²) in [6.45, 7) is 2.85. The van der Waals surface area contributed by atoms with Crippen molar-refractivity contribution in [2.24, 2.45) is 0 Å². The van der Waals surface area contributed by atoms with E-state index in [4.69, 9.17) is 16.3 Å². The predicted molar refractivity (Wildman–Crippen MR) is 48.6 cm³/mol. The van der Waals surface area contributed by atoms with Crippen LogP contribution >= 0.6 is 11.6 Å². The monoisotopic (exact) mass is 201 g/mol. The van der Waals surface area contributed by atoms with Crippen molar-refractivity contribution in [1.82, 2.24) is 14.8 Å². The van der Waals surface area contributed by atoms with Gasteiger partial charge in [0.15, 0.2) is 0 Å². The molecule has 2 heterocycles. The lowest BCUT2D eigenvalue weighted by Gasteiger charge is -2.11. The second-order valence-corrected chi connectivity index (χ2v) is 3.74. The van der Waals surface area contributed by atoms with E-state index in [2.05, 4.69) is 17.1 Å². The Morgan fingerprint density at radius 3 is 3.08 bits per heavy atom. The third kappa shape index (κ3) is 2.00. The van der Waals surface area contributed by atoms with Crippen molar-refractivity contribution in [1.29, 1.82) is 0 Å². The van der Waals surface area contributed by atoms with Crippen LogP contribution in [0.3, 0.4) is 0 Å². The molecule has 0 N–H and O–H groups in total. The van der Waals surface area contributed by atoms with Gasteiger partial charge in [-0.05, 0) is 31.4 Å². The highest BCUT2D eigenvalue weighted by Gasteiger charge is 2.22. The SMILES string of the molecule is CC1CCC(Cn2cnnc2Cl)O1. The van der Waals surface area contributed by atoms with E-state index in [0.29, 0.717) is 11.4 Å². The van der Waals surface area contributed by atoms with Crippen molar-refractivity contribution in [3.8, 4) is 0 Å². The second-order valence-electron chi connectivity index (χ2n) is 3.40. The molecule has 0 saturated carbocycles. The lowest BCUT2D eigenvalue weighted by Crippen LogP contribution is -2.16. The molecule has 0 amide bonds. The Balaban J connectivity index is 1.95. The van der Waals surface area contributed by atoms with E-state index in [1.807, 2.05) is 4.57 Å². The summed E-state index contributed by atoms with van der Waals surface area (Å²) >= 11 is 5.79. The van der Waals surface area contributed by atoms with Gasteiger partial charge in [0.2, 0.25) is 5.28 Å². The molecule has 2 rings (SSSR count). The molecule has 0 bridgehead atoms. The first-order chi connectivity index (χ1) is 6.25. The molecule has 4 nitrogen and oxygen atoms in total. The molecular formula is C8H12ClN3O. The number of ether oxygens (including phenoxy) is 1. The Kier molecular flexibility index (Phi) is 2.51. The lowest BCUT2D eigenvalue weighted by atomic mass is 10.2. The maximum absolute atomic E-state index is 5.79. The summed E-state index contributed by atoms with van der Waals surface area (Å²) < 4.78 is 7.46. The molecule has 2 atom stereocenters. The Morgan fingerprint density at radius 1 is 1.69 bits per heavy atom. The summed E-state index contributed by atoms with van der Waals surface area (Å²) in [5.41, 5.74) is 0. The minimum absolute atomic E-state index is 0.267. The highest BCUT2D eigenvalue weighted by atomic mass is 35.5. The number of nitrogens with zero attached hydrogens (tertiary/aromatic N) is 3. The second kappa shape index (κ2) is 3.64. The van der Waals surface area contributed by atoms with Crippen LogP contribution in [0.4, 0.5) is 0 Å². The average Bonchev–Trinajstić information content (AvgIpc) is 2.64. The van der Waals surface area contributed by atoms with Crippen LogP contribution in [0.15, 0.2) is 6.33 Å². The smallest absolute Gasteiger partial charge is 0.224 e. The Labute approximate surface area is 81.9 Å². The van der Waals surface area contributed by atoms with Crippen LogP contribution in [0.2, 0.25) is 5.28 Å². The van der Waals surface area contributed by atoms with Crippen molar-refractivity contribution in [2.45, 2.75) is 38.5 Å². The molecule has 1 saturated heterocycles. The number of halogens is 1. The van der Waals surface area contributed by atoms with Gasteiger partial charge >= 0.3 is 0 Å². The normalized spacial score (nSPS) is 28.2. The Hall–Kier alpha value is -0.610. The maximum Gasteiger partial charge on any atom is 0.224 e. The molecule has 13 heavy (non-hydrogen) atoms. The van der Waals surface area contributed by atoms with Gasteiger partial charge in [-0.1, -0.05) is 0 Å². The molecule has 1 aliphatic heterocycles. The van der Waals surface area contributed by atoms with Crippen LogP contribution in [0.1, 0.15) is 19.8 Å². The fraction of sp³-hybridized carbons (Fsp3) is 0.750. The third-order valence-electron chi connectivity index (χ3n) is 2.29. The Morgan fingerprint density at radius 2 is 2.54 bits per heavy atom. The van der Waals surface area contributed by atoms with Crippen LogP contribution in [-0.2, 0) is 11.3 Å². The average molecular weight is 202 g/mol. The molecule has 72 valence electrons. The molecule has 0 aliphatic carbocycles. The van der Waals surface area contributed by atoms with Gasteiger partial charge in [-0.2, -0.15) is 0 Å².